The van der Waals surface area contributed by atoms with E-state index in [1.54, 1.807) is 17.0 Å². The fourth-order valence-corrected chi connectivity index (χ4v) is 1.84. The van der Waals surface area contributed by atoms with E-state index in [1.807, 2.05) is 32.6 Å². The molecule has 0 aliphatic rings. The van der Waals surface area contributed by atoms with Crippen molar-refractivity contribution in [2.75, 3.05) is 24.5 Å². The Hall–Kier alpha value is -1.36. The van der Waals surface area contributed by atoms with Gasteiger partial charge in [0.1, 0.15) is 0 Å². The molecule has 1 heterocycles. The Morgan fingerprint density at radius 3 is 2.61 bits per heavy atom. The first-order valence-electron chi connectivity index (χ1n) is 6.45. The van der Waals surface area contributed by atoms with Crippen molar-refractivity contribution >= 4 is 5.82 Å². The zero-order valence-corrected chi connectivity index (χ0v) is 11.8. The Bertz CT molecular complexity index is 433. The summed E-state index contributed by atoms with van der Waals surface area (Å²) >= 11 is 0. The van der Waals surface area contributed by atoms with Gasteiger partial charge in [0.25, 0.3) is 5.56 Å². The summed E-state index contributed by atoms with van der Waals surface area (Å²) in [6.07, 6.45) is 4.29. The van der Waals surface area contributed by atoms with Gasteiger partial charge >= 0.3 is 0 Å². The lowest BCUT2D eigenvalue weighted by atomic mass is 10.1. The molecular formula is C13H24N4O. The van der Waals surface area contributed by atoms with Crippen LogP contribution in [0.15, 0.2) is 17.2 Å². The maximum Gasteiger partial charge on any atom is 0.293 e. The molecule has 0 aliphatic heterocycles. The molecule has 0 aromatic carbocycles. The Kier molecular flexibility index (Phi) is 4.90. The van der Waals surface area contributed by atoms with Crippen molar-refractivity contribution in [2.24, 2.45) is 5.73 Å². The van der Waals surface area contributed by atoms with E-state index in [0.717, 1.165) is 19.5 Å². The SMILES string of the molecule is CCN(CCCN)c1nccn(C(C)(C)C)c1=O. The molecule has 0 saturated heterocycles. The van der Waals surface area contributed by atoms with E-state index in [-0.39, 0.29) is 11.1 Å². The van der Waals surface area contributed by atoms with Crippen molar-refractivity contribution in [1.82, 2.24) is 9.55 Å². The van der Waals surface area contributed by atoms with E-state index in [4.69, 9.17) is 5.73 Å². The number of aromatic nitrogens is 2. The predicted molar refractivity (Wildman–Crippen MR) is 75.1 cm³/mol. The fourth-order valence-electron chi connectivity index (χ4n) is 1.84. The van der Waals surface area contributed by atoms with Crippen LogP contribution in [-0.2, 0) is 5.54 Å². The van der Waals surface area contributed by atoms with Gasteiger partial charge < -0.3 is 15.2 Å². The number of anilines is 1. The summed E-state index contributed by atoms with van der Waals surface area (Å²) in [4.78, 5) is 18.6. The lowest BCUT2D eigenvalue weighted by Gasteiger charge is -2.26. The molecule has 0 unspecified atom stereocenters. The lowest BCUT2D eigenvalue weighted by Crippen LogP contribution is -2.39. The first kappa shape index (κ1) is 14.7. The Morgan fingerprint density at radius 1 is 1.44 bits per heavy atom. The average Bonchev–Trinajstić information content (AvgIpc) is 2.30. The van der Waals surface area contributed by atoms with E-state index >= 15 is 0 Å². The minimum atomic E-state index is -0.234. The minimum absolute atomic E-state index is 0.0381. The molecule has 0 fully saturated rings. The number of hydrogen-bond acceptors (Lipinski definition) is 4. The average molecular weight is 252 g/mol. The topological polar surface area (TPSA) is 64.2 Å². The van der Waals surface area contributed by atoms with Crippen LogP contribution in [0.5, 0.6) is 0 Å². The third kappa shape index (κ3) is 3.32. The van der Waals surface area contributed by atoms with E-state index in [2.05, 4.69) is 4.98 Å². The first-order chi connectivity index (χ1) is 8.41. The molecule has 0 bridgehead atoms. The molecule has 0 atom stereocenters. The van der Waals surface area contributed by atoms with E-state index < -0.39 is 0 Å². The van der Waals surface area contributed by atoms with Crippen LogP contribution in [0.1, 0.15) is 34.1 Å². The van der Waals surface area contributed by atoms with Crippen LogP contribution in [0, 0.1) is 0 Å². The van der Waals surface area contributed by atoms with Gasteiger partial charge in [-0.15, -0.1) is 0 Å². The second-order valence-corrected chi connectivity index (χ2v) is 5.32. The lowest BCUT2D eigenvalue weighted by molar-refractivity contribution is 0.382. The van der Waals surface area contributed by atoms with Crippen LogP contribution in [0.2, 0.25) is 0 Å². The minimum Gasteiger partial charge on any atom is -0.352 e. The van der Waals surface area contributed by atoms with Crippen molar-refractivity contribution in [1.29, 1.82) is 0 Å². The van der Waals surface area contributed by atoms with Gasteiger partial charge in [-0.2, -0.15) is 0 Å². The molecule has 102 valence electrons. The Morgan fingerprint density at radius 2 is 2.11 bits per heavy atom. The summed E-state index contributed by atoms with van der Waals surface area (Å²) in [6, 6.07) is 0. The molecule has 1 aromatic rings. The van der Waals surface area contributed by atoms with Gasteiger partial charge in [-0.1, -0.05) is 0 Å². The summed E-state index contributed by atoms with van der Waals surface area (Å²) in [6.45, 7) is 10.2. The molecule has 0 saturated carbocycles. The zero-order valence-electron chi connectivity index (χ0n) is 11.8. The largest absolute Gasteiger partial charge is 0.352 e. The van der Waals surface area contributed by atoms with Gasteiger partial charge in [-0.25, -0.2) is 4.98 Å². The Balaban J connectivity index is 3.13. The predicted octanol–water partition coefficient (Wildman–Crippen LogP) is 1.17. The van der Waals surface area contributed by atoms with Crippen LogP contribution < -0.4 is 16.2 Å². The summed E-state index contributed by atoms with van der Waals surface area (Å²) in [5.41, 5.74) is 5.24. The summed E-state index contributed by atoms with van der Waals surface area (Å²) in [7, 11) is 0. The van der Waals surface area contributed by atoms with Crippen LogP contribution in [0.3, 0.4) is 0 Å². The highest BCUT2D eigenvalue weighted by Gasteiger charge is 2.18. The highest BCUT2D eigenvalue weighted by atomic mass is 16.1. The third-order valence-corrected chi connectivity index (χ3v) is 2.86. The van der Waals surface area contributed by atoms with Gasteiger partial charge in [0.15, 0.2) is 5.82 Å². The quantitative estimate of drug-likeness (QED) is 0.854. The van der Waals surface area contributed by atoms with Crippen LogP contribution in [-0.4, -0.2) is 29.2 Å². The summed E-state index contributed by atoms with van der Waals surface area (Å²) in [5, 5.41) is 0. The Labute approximate surface area is 109 Å². The summed E-state index contributed by atoms with van der Waals surface area (Å²) in [5.74, 6) is 0.517. The molecule has 1 aromatic heterocycles. The number of hydrogen-bond donors (Lipinski definition) is 1. The maximum absolute atomic E-state index is 12.4. The van der Waals surface area contributed by atoms with Gasteiger partial charge in [0.2, 0.25) is 0 Å². The van der Waals surface area contributed by atoms with Gasteiger partial charge in [0.05, 0.1) is 0 Å². The second-order valence-electron chi connectivity index (χ2n) is 5.32. The highest BCUT2D eigenvalue weighted by molar-refractivity contribution is 5.35. The van der Waals surface area contributed by atoms with Crippen LogP contribution >= 0.6 is 0 Å². The van der Waals surface area contributed by atoms with Gasteiger partial charge in [-0.05, 0) is 40.7 Å². The third-order valence-electron chi connectivity index (χ3n) is 2.86. The van der Waals surface area contributed by atoms with Crippen LogP contribution in [0.4, 0.5) is 5.82 Å². The van der Waals surface area contributed by atoms with Crippen LogP contribution in [0.25, 0.3) is 0 Å². The molecule has 0 aliphatic carbocycles. The van der Waals surface area contributed by atoms with Gasteiger partial charge in [-0.3, -0.25) is 4.79 Å². The van der Waals surface area contributed by atoms with Gasteiger partial charge in [0, 0.05) is 31.0 Å². The normalized spacial score (nSPS) is 11.6. The molecule has 0 radical (unpaired) electrons. The zero-order chi connectivity index (χ0) is 13.8. The molecular weight excluding hydrogens is 228 g/mol. The monoisotopic (exact) mass is 252 g/mol. The number of nitrogens with zero attached hydrogens (tertiary/aromatic N) is 3. The molecule has 1 rings (SSSR count). The fraction of sp³-hybridized carbons (Fsp3) is 0.692. The summed E-state index contributed by atoms with van der Waals surface area (Å²) < 4.78 is 1.72. The molecule has 0 amide bonds. The number of nitrogens with two attached hydrogens (primary N) is 1. The standard InChI is InChI=1S/C13H24N4O/c1-5-16(9-6-7-14)11-12(18)17(10-8-15-11)13(2,3)4/h8,10H,5-7,9,14H2,1-4H3. The van der Waals surface area contributed by atoms with E-state index in [1.165, 1.54) is 0 Å². The first-order valence-corrected chi connectivity index (χ1v) is 6.45. The maximum atomic E-state index is 12.4. The smallest absolute Gasteiger partial charge is 0.293 e. The van der Waals surface area contributed by atoms with Crippen molar-refractivity contribution in [3.63, 3.8) is 0 Å². The van der Waals surface area contributed by atoms with E-state index in [0.29, 0.717) is 12.4 Å². The molecule has 5 nitrogen and oxygen atoms in total. The van der Waals surface area contributed by atoms with Crippen molar-refractivity contribution in [2.45, 2.75) is 39.7 Å². The van der Waals surface area contributed by atoms with Crippen molar-refractivity contribution in [3.05, 3.63) is 22.7 Å². The second kappa shape index (κ2) is 6.00. The highest BCUT2D eigenvalue weighted by Crippen LogP contribution is 2.12. The molecule has 2 N–H and O–H groups in total. The molecule has 5 heteroatoms. The number of rotatable bonds is 5. The molecule has 18 heavy (non-hydrogen) atoms. The molecule has 0 spiro atoms. The van der Waals surface area contributed by atoms with E-state index in [9.17, 15) is 4.79 Å². The van der Waals surface area contributed by atoms with Crippen molar-refractivity contribution in [3.8, 4) is 0 Å². The van der Waals surface area contributed by atoms with Crippen molar-refractivity contribution < 1.29 is 0 Å².